The summed E-state index contributed by atoms with van der Waals surface area (Å²) in [6.45, 7) is 9.62. The van der Waals surface area contributed by atoms with Crippen LogP contribution in [0, 0.1) is 0 Å². The summed E-state index contributed by atoms with van der Waals surface area (Å²) in [7, 11) is 0. The van der Waals surface area contributed by atoms with Crippen molar-refractivity contribution in [2.75, 3.05) is 25.0 Å². The van der Waals surface area contributed by atoms with Crippen LogP contribution in [0.25, 0.3) is 10.9 Å². The molecule has 1 aromatic carbocycles. The number of aromatic nitrogens is 2. The first-order chi connectivity index (χ1) is 9.65. The van der Waals surface area contributed by atoms with Crippen LogP contribution in [-0.2, 0) is 0 Å². The lowest BCUT2D eigenvalue weighted by molar-refractivity contribution is 0.240. The summed E-state index contributed by atoms with van der Waals surface area (Å²) in [4.78, 5) is 11.1. The Morgan fingerprint density at radius 3 is 2.70 bits per heavy atom. The van der Waals surface area contributed by atoms with E-state index in [1.807, 2.05) is 12.1 Å². The molecular weight excluding hydrogens is 316 g/mol. The number of hydrogen-bond acceptors (Lipinski definition) is 4. The van der Waals surface area contributed by atoms with Gasteiger partial charge in [0.15, 0.2) is 0 Å². The third-order valence-electron chi connectivity index (χ3n) is 3.60. The molecule has 0 amide bonds. The van der Waals surface area contributed by atoms with Crippen LogP contribution in [0.1, 0.15) is 20.8 Å². The zero-order valence-corrected chi connectivity index (χ0v) is 13.8. The molecule has 4 nitrogen and oxygen atoms in total. The number of likely N-dealkylation sites (N-methyl/N-ethyl adjacent to an activating group) is 1. The van der Waals surface area contributed by atoms with Crippen molar-refractivity contribution < 1.29 is 0 Å². The molecule has 0 aliphatic rings. The number of fused-ring (bicyclic) bond motifs is 1. The van der Waals surface area contributed by atoms with Gasteiger partial charge in [-0.3, -0.25) is 4.90 Å². The Hall–Kier alpha value is -1.20. The van der Waals surface area contributed by atoms with Crippen molar-refractivity contribution in [3.05, 3.63) is 29.0 Å². The van der Waals surface area contributed by atoms with E-state index in [-0.39, 0.29) is 0 Å². The summed E-state index contributed by atoms with van der Waals surface area (Å²) in [5, 5.41) is 4.50. The first-order valence-electron chi connectivity index (χ1n) is 7.03. The molecule has 1 heterocycles. The molecule has 0 aliphatic heterocycles. The lowest BCUT2D eigenvalue weighted by atomic mass is 10.2. The molecular formula is C15H21BrN4. The van der Waals surface area contributed by atoms with Crippen LogP contribution in [0.5, 0.6) is 0 Å². The molecule has 0 radical (unpaired) electrons. The molecule has 20 heavy (non-hydrogen) atoms. The van der Waals surface area contributed by atoms with Gasteiger partial charge in [0.1, 0.15) is 12.1 Å². The summed E-state index contributed by atoms with van der Waals surface area (Å²) < 4.78 is 1.04. The van der Waals surface area contributed by atoms with E-state index in [1.54, 1.807) is 6.33 Å². The SMILES string of the molecule is CCN(CC)C(C)CNc1ncnc2ccc(Br)cc12. The minimum Gasteiger partial charge on any atom is -0.368 e. The van der Waals surface area contributed by atoms with E-state index in [0.717, 1.165) is 40.8 Å². The van der Waals surface area contributed by atoms with Gasteiger partial charge < -0.3 is 5.32 Å². The van der Waals surface area contributed by atoms with Gasteiger partial charge in [-0.1, -0.05) is 29.8 Å². The number of benzene rings is 1. The van der Waals surface area contributed by atoms with Crippen LogP contribution >= 0.6 is 15.9 Å². The molecule has 1 atom stereocenters. The maximum Gasteiger partial charge on any atom is 0.137 e. The molecule has 5 heteroatoms. The third-order valence-corrected chi connectivity index (χ3v) is 4.09. The van der Waals surface area contributed by atoms with Crippen molar-refractivity contribution in [1.29, 1.82) is 0 Å². The highest BCUT2D eigenvalue weighted by molar-refractivity contribution is 9.10. The molecule has 2 aromatic rings. The highest BCUT2D eigenvalue weighted by Crippen LogP contribution is 2.23. The van der Waals surface area contributed by atoms with E-state index in [2.05, 4.69) is 63.0 Å². The molecule has 1 aromatic heterocycles. The van der Waals surface area contributed by atoms with Gasteiger partial charge in [-0.2, -0.15) is 0 Å². The van der Waals surface area contributed by atoms with Gasteiger partial charge in [0.25, 0.3) is 0 Å². The van der Waals surface area contributed by atoms with Crippen molar-refractivity contribution in [2.24, 2.45) is 0 Å². The molecule has 0 bridgehead atoms. The normalized spacial score (nSPS) is 12.8. The molecule has 0 saturated carbocycles. The highest BCUT2D eigenvalue weighted by Gasteiger charge is 2.11. The second-order valence-corrected chi connectivity index (χ2v) is 5.75. The summed E-state index contributed by atoms with van der Waals surface area (Å²) in [6.07, 6.45) is 1.61. The monoisotopic (exact) mass is 336 g/mol. The molecule has 0 saturated heterocycles. The van der Waals surface area contributed by atoms with E-state index < -0.39 is 0 Å². The fourth-order valence-electron chi connectivity index (χ4n) is 2.39. The number of rotatable bonds is 6. The highest BCUT2D eigenvalue weighted by atomic mass is 79.9. The first kappa shape index (κ1) is 15.2. The quantitative estimate of drug-likeness (QED) is 0.875. The Labute approximate surface area is 128 Å². The minimum absolute atomic E-state index is 0.474. The fraction of sp³-hybridized carbons (Fsp3) is 0.467. The van der Waals surface area contributed by atoms with Gasteiger partial charge in [0.05, 0.1) is 5.52 Å². The van der Waals surface area contributed by atoms with Crippen molar-refractivity contribution in [3.63, 3.8) is 0 Å². The van der Waals surface area contributed by atoms with Gasteiger partial charge in [-0.15, -0.1) is 0 Å². The van der Waals surface area contributed by atoms with E-state index in [1.165, 1.54) is 0 Å². The topological polar surface area (TPSA) is 41.0 Å². The standard InChI is InChI=1S/C15H21BrN4/c1-4-20(5-2)11(3)9-17-15-13-8-12(16)6-7-14(13)18-10-19-15/h6-8,10-11H,4-5,9H2,1-3H3,(H,17,18,19). The summed E-state index contributed by atoms with van der Waals surface area (Å²) in [5.41, 5.74) is 0.959. The number of halogens is 1. The second kappa shape index (κ2) is 6.99. The average Bonchev–Trinajstić information content (AvgIpc) is 2.46. The summed E-state index contributed by atoms with van der Waals surface area (Å²) >= 11 is 3.50. The largest absolute Gasteiger partial charge is 0.368 e. The summed E-state index contributed by atoms with van der Waals surface area (Å²) in [6, 6.07) is 6.53. The predicted octanol–water partition coefficient (Wildman–Crippen LogP) is 3.53. The van der Waals surface area contributed by atoms with E-state index in [9.17, 15) is 0 Å². The molecule has 0 aliphatic carbocycles. The Balaban J connectivity index is 2.15. The number of nitrogens with zero attached hydrogens (tertiary/aromatic N) is 3. The number of anilines is 1. The van der Waals surface area contributed by atoms with Crippen LogP contribution in [0.3, 0.4) is 0 Å². The predicted molar refractivity (Wildman–Crippen MR) is 88.1 cm³/mol. The molecule has 1 unspecified atom stereocenters. The molecule has 1 N–H and O–H groups in total. The Morgan fingerprint density at radius 1 is 1.25 bits per heavy atom. The van der Waals surface area contributed by atoms with Crippen molar-refractivity contribution in [3.8, 4) is 0 Å². The zero-order valence-electron chi connectivity index (χ0n) is 12.2. The lowest BCUT2D eigenvalue weighted by Gasteiger charge is -2.26. The van der Waals surface area contributed by atoms with Gasteiger partial charge >= 0.3 is 0 Å². The molecule has 0 spiro atoms. The van der Waals surface area contributed by atoms with E-state index in [0.29, 0.717) is 6.04 Å². The Bertz CT molecular complexity index is 569. The fourth-order valence-corrected chi connectivity index (χ4v) is 2.75. The summed E-state index contributed by atoms with van der Waals surface area (Å²) in [5.74, 6) is 0.898. The third kappa shape index (κ3) is 3.46. The van der Waals surface area contributed by atoms with Gasteiger partial charge in [-0.05, 0) is 38.2 Å². The van der Waals surface area contributed by atoms with Crippen molar-refractivity contribution in [1.82, 2.24) is 14.9 Å². The second-order valence-electron chi connectivity index (χ2n) is 4.83. The average molecular weight is 337 g/mol. The number of hydrogen-bond donors (Lipinski definition) is 1. The Morgan fingerprint density at radius 2 is 2.00 bits per heavy atom. The van der Waals surface area contributed by atoms with Crippen LogP contribution in [0.15, 0.2) is 29.0 Å². The van der Waals surface area contributed by atoms with Crippen LogP contribution < -0.4 is 5.32 Å². The van der Waals surface area contributed by atoms with Gasteiger partial charge in [-0.25, -0.2) is 9.97 Å². The van der Waals surface area contributed by atoms with Crippen LogP contribution in [0.2, 0.25) is 0 Å². The van der Waals surface area contributed by atoms with Crippen molar-refractivity contribution >= 4 is 32.7 Å². The molecule has 108 valence electrons. The van der Waals surface area contributed by atoms with E-state index in [4.69, 9.17) is 0 Å². The van der Waals surface area contributed by atoms with Crippen molar-refractivity contribution in [2.45, 2.75) is 26.8 Å². The van der Waals surface area contributed by atoms with Gasteiger partial charge in [0.2, 0.25) is 0 Å². The molecule has 0 fully saturated rings. The van der Waals surface area contributed by atoms with Crippen LogP contribution in [0.4, 0.5) is 5.82 Å². The van der Waals surface area contributed by atoms with Gasteiger partial charge in [0, 0.05) is 22.4 Å². The Kier molecular flexibility index (Phi) is 5.31. The smallest absolute Gasteiger partial charge is 0.137 e. The zero-order chi connectivity index (χ0) is 14.5. The minimum atomic E-state index is 0.474. The maximum absolute atomic E-state index is 4.37. The van der Waals surface area contributed by atoms with E-state index >= 15 is 0 Å². The number of nitrogens with one attached hydrogen (secondary N) is 1. The first-order valence-corrected chi connectivity index (χ1v) is 7.83. The molecule has 2 rings (SSSR count). The van der Waals surface area contributed by atoms with Crippen LogP contribution in [-0.4, -0.2) is 40.5 Å². The lowest BCUT2D eigenvalue weighted by Crippen LogP contribution is -2.37. The maximum atomic E-state index is 4.37.